The van der Waals surface area contributed by atoms with Gasteiger partial charge < -0.3 is 9.84 Å². The number of aliphatic hydroxyl groups is 1. The van der Waals surface area contributed by atoms with Gasteiger partial charge in [0.25, 0.3) is 5.78 Å². The van der Waals surface area contributed by atoms with Crippen molar-refractivity contribution in [2.75, 3.05) is 4.90 Å². The predicted octanol–water partition coefficient (Wildman–Crippen LogP) is 7.04. The quantitative estimate of drug-likeness (QED) is 0.0798. The number of hydrogen-bond acceptors (Lipinski definition) is 8. The van der Waals surface area contributed by atoms with Crippen molar-refractivity contribution in [2.24, 2.45) is 0 Å². The van der Waals surface area contributed by atoms with E-state index in [-0.39, 0.29) is 28.4 Å². The molecule has 0 radical (unpaired) electrons. The number of fused-ring (bicyclic) bond motifs is 1. The molecule has 1 fully saturated rings. The number of hydrogen-bond donors (Lipinski definition) is 1. The highest BCUT2D eigenvalue weighted by atomic mass is 32.2. The number of ketones is 1. The van der Waals surface area contributed by atoms with Crippen molar-refractivity contribution in [3.63, 3.8) is 0 Å². The largest absolute Gasteiger partial charge is 0.507 e. The summed E-state index contributed by atoms with van der Waals surface area (Å²) < 4.78 is 20.5. The summed E-state index contributed by atoms with van der Waals surface area (Å²) in [4.78, 5) is 28.5. The van der Waals surface area contributed by atoms with Gasteiger partial charge in [0, 0.05) is 17.7 Å². The molecule has 1 N–H and O–H groups in total. The summed E-state index contributed by atoms with van der Waals surface area (Å²) in [5, 5.41) is 20.2. The number of anilines is 1. The molecule has 0 unspecified atom stereocenters. The molecule has 42 heavy (non-hydrogen) atoms. The normalized spacial score (nSPS) is 19.4. The topological polar surface area (TPSA) is 92.6 Å². The molecule has 2 aliphatic heterocycles. The Balaban J connectivity index is 1.40. The Hall–Kier alpha value is -4.02. The highest BCUT2D eigenvalue weighted by Gasteiger charge is 2.48. The monoisotopic (exact) mass is 601 g/mol. The van der Waals surface area contributed by atoms with Gasteiger partial charge >= 0.3 is 5.91 Å². The predicted molar refractivity (Wildman–Crippen MR) is 161 cm³/mol. The smallest absolute Gasteiger partial charge is 0.301 e. The molecule has 0 aliphatic carbocycles. The Labute approximate surface area is 251 Å². The average molecular weight is 602 g/mol. The number of aromatic nitrogens is 2. The molecule has 214 valence electrons. The van der Waals surface area contributed by atoms with Gasteiger partial charge in [-0.05, 0) is 59.4 Å². The molecule has 0 bridgehead atoms. The Bertz CT molecular complexity index is 1720. The lowest BCUT2D eigenvalue weighted by atomic mass is 9.93. The molecular formula is C32H28FN3O4S2. The lowest BCUT2D eigenvalue weighted by Gasteiger charge is -2.23. The molecule has 1 saturated heterocycles. The lowest BCUT2D eigenvalue weighted by molar-refractivity contribution is -0.132. The molecule has 3 aromatic carbocycles. The summed E-state index contributed by atoms with van der Waals surface area (Å²) in [5.74, 6) is -0.789. The number of aliphatic hydroxyl groups excluding tert-OH is 1. The van der Waals surface area contributed by atoms with E-state index in [4.69, 9.17) is 4.74 Å². The van der Waals surface area contributed by atoms with Crippen molar-refractivity contribution < 1.29 is 23.8 Å². The van der Waals surface area contributed by atoms with Gasteiger partial charge in [-0.1, -0.05) is 79.4 Å². The number of amides is 1. The Morgan fingerprint density at radius 3 is 2.62 bits per heavy atom. The molecule has 1 amide bonds. The van der Waals surface area contributed by atoms with Crippen LogP contribution in [0.25, 0.3) is 5.76 Å². The maximum Gasteiger partial charge on any atom is 0.301 e. The van der Waals surface area contributed by atoms with Gasteiger partial charge in [0.2, 0.25) is 5.13 Å². The van der Waals surface area contributed by atoms with Crippen LogP contribution in [0.4, 0.5) is 9.52 Å². The van der Waals surface area contributed by atoms with Crippen LogP contribution in [0.2, 0.25) is 0 Å². The standard InChI is InChI=1S/C32H28FN3O4S2/c1-17(2)19-8-10-20(11-9-19)27-26(28(37)21-12-13-25-23(15-21)14-18(3)40-25)29(38)30(39)36(27)31-34-35-32(42-31)41-16-22-6-4-5-7-24(22)33/h4-13,15,17-18,27,37H,14,16H2,1-3H3/t18-,27+/m1/s1. The number of thioether (sulfide) groups is 1. The molecule has 2 atom stereocenters. The van der Waals surface area contributed by atoms with Crippen molar-refractivity contribution in [1.82, 2.24) is 10.2 Å². The SMILES string of the molecule is CC(C)c1ccc([C@H]2C(=C(O)c3ccc4c(c3)C[C@@H](C)O4)C(=O)C(=O)N2c2nnc(SCc3ccccc3F)s2)cc1. The van der Waals surface area contributed by atoms with E-state index in [2.05, 4.69) is 24.0 Å². The van der Waals surface area contributed by atoms with E-state index in [0.717, 1.165) is 28.2 Å². The van der Waals surface area contributed by atoms with Gasteiger partial charge in [0.05, 0.1) is 11.6 Å². The highest BCUT2D eigenvalue weighted by molar-refractivity contribution is 8.00. The number of nitrogens with zero attached hydrogens (tertiary/aromatic N) is 3. The third-order valence-electron chi connectivity index (χ3n) is 7.44. The number of rotatable bonds is 7. The Morgan fingerprint density at radius 1 is 1.12 bits per heavy atom. The van der Waals surface area contributed by atoms with Crippen molar-refractivity contribution in [3.05, 3.63) is 106 Å². The van der Waals surface area contributed by atoms with Gasteiger partial charge in [0.1, 0.15) is 23.4 Å². The van der Waals surface area contributed by atoms with Crippen LogP contribution in [-0.2, 0) is 21.8 Å². The summed E-state index contributed by atoms with van der Waals surface area (Å²) in [6.07, 6.45) is 0.702. The number of carbonyl (C=O) groups is 2. The number of carbonyl (C=O) groups excluding carboxylic acids is 2. The Kier molecular flexibility index (Phi) is 7.59. The van der Waals surface area contributed by atoms with Crippen LogP contribution in [0.1, 0.15) is 60.5 Å². The van der Waals surface area contributed by atoms with Gasteiger partial charge in [-0.3, -0.25) is 14.5 Å². The second-order valence-electron chi connectivity index (χ2n) is 10.7. The molecule has 6 rings (SSSR count). The molecule has 0 spiro atoms. The first-order chi connectivity index (χ1) is 20.2. The van der Waals surface area contributed by atoms with E-state index in [9.17, 15) is 19.1 Å². The van der Waals surface area contributed by atoms with Crippen LogP contribution in [0.15, 0.2) is 76.6 Å². The van der Waals surface area contributed by atoms with Gasteiger partial charge in [-0.15, -0.1) is 10.2 Å². The van der Waals surface area contributed by atoms with Crippen LogP contribution in [0.3, 0.4) is 0 Å². The molecule has 1 aromatic heterocycles. The summed E-state index contributed by atoms with van der Waals surface area (Å²) >= 11 is 2.44. The zero-order valence-corrected chi connectivity index (χ0v) is 24.8. The van der Waals surface area contributed by atoms with Crippen molar-refractivity contribution >= 4 is 45.7 Å². The van der Waals surface area contributed by atoms with Crippen LogP contribution < -0.4 is 9.64 Å². The van der Waals surface area contributed by atoms with Crippen LogP contribution >= 0.6 is 23.1 Å². The third-order valence-corrected chi connectivity index (χ3v) is 9.55. The first-order valence-electron chi connectivity index (χ1n) is 13.6. The molecule has 7 nitrogen and oxygen atoms in total. The summed E-state index contributed by atoms with van der Waals surface area (Å²) in [5.41, 5.74) is 3.64. The van der Waals surface area contributed by atoms with Gasteiger partial charge in [0.15, 0.2) is 4.34 Å². The maximum absolute atomic E-state index is 14.1. The average Bonchev–Trinajstić information content (AvgIpc) is 3.67. The molecule has 0 saturated carbocycles. The summed E-state index contributed by atoms with van der Waals surface area (Å²) in [7, 11) is 0. The van der Waals surface area contributed by atoms with E-state index in [0.29, 0.717) is 39.1 Å². The fourth-order valence-electron chi connectivity index (χ4n) is 5.25. The number of ether oxygens (including phenoxy) is 1. The van der Waals surface area contributed by atoms with E-state index >= 15 is 0 Å². The van der Waals surface area contributed by atoms with E-state index in [1.54, 1.807) is 30.3 Å². The molecule has 3 heterocycles. The van der Waals surface area contributed by atoms with Crippen LogP contribution in [0.5, 0.6) is 5.75 Å². The number of benzene rings is 3. The zero-order chi connectivity index (χ0) is 29.5. The van der Waals surface area contributed by atoms with Crippen molar-refractivity contribution in [3.8, 4) is 5.75 Å². The van der Waals surface area contributed by atoms with Crippen molar-refractivity contribution in [1.29, 1.82) is 0 Å². The molecular weight excluding hydrogens is 574 g/mol. The number of Topliss-reactive ketones (excluding diaryl/α,β-unsaturated/α-hetero) is 1. The van der Waals surface area contributed by atoms with Gasteiger partial charge in [-0.2, -0.15) is 0 Å². The maximum atomic E-state index is 14.1. The van der Waals surface area contributed by atoms with E-state index < -0.39 is 17.7 Å². The third kappa shape index (κ3) is 5.20. The molecule has 2 aliphatic rings. The Morgan fingerprint density at radius 2 is 1.88 bits per heavy atom. The van der Waals surface area contributed by atoms with Crippen molar-refractivity contribution in [2.45, 2.75) is 55.3 Å². The minimum Gasteiger partial charge on any atom is -0.507 e. The lowest BCUT2D eigenvalue weighted by Crippen LogP contribution is -2.29. The first-order valence-corrected chi connectivity index (χ1v) is 15.4. The molecule has 10 heteroatoms. The number of halogens is 1. The zero-order valence-electron chi connectivity index (χ0n) is 23.2. The molecule has 4 aromatic rings. The second-order valence-corrected chi connectivity index (χ2v) is 12.9. The minimum atomic E-state index is -0.910. The van der Waals surface area contributed by atoms with E-state index in [1.807, 2.05) is 37.3 Å². The first kappa shape index (κ1) is 28.1. The minimum absolute atomic E-state index is 0.0139. The van der Waals surface area contributed by atoms with E-state index in [1.165, 1.54) is 22.7 Å². The van der Waals surface area contributed by atoms with Crippen LogP contribution in [-0.4, -0.2) is 33.1 Å². The van der Waals surface area contributed by atoms with Gasteiger partial charge in [-0.25, -0.2) is 4.39 Å². The fraction of sp³-hybridized carbons (Fsp3) is 0.250. The highest BCUT2D eigenvalue weighted by Crippen LogP contribution is 2.45. The fourth-order valence-corrected chi connectivity index (χ4v) is 7.10. The second kappa shape index (κ2) is 11.3. The summed E-state index contributed by atoms with van der Waals surface area (Å²) in [6.45, 7) is 6.14. The summed E-state index contributed by atoms with van der Waals surface area (Å²) in [6, 6.07) is 18.6. The van der Waals surface area contributed by atoms with Crippen LogP contribution in [0, 0.1) is 5.82 Å².